The van der Waals surface area contributed by atoms with Crippen LogP contribution in [0.5, 0.6) is 0 Å². The van der Waals surface area contributed by atoms with Gasteiger partial charge in [-0.3, -0.25) is 4.90 Å². The van der Waals surface area contributed by atoms with E-state index in [0.29, 0.717) is 11.5 Å². The quantitative estimate of drug-likeness (QED) is 0.838. The van der Waals surface area contributed by atoms with E-state index in [2.05, 4.69) is 43.1 Å². The van der Waals surface area contributed by atoms with Crippen molar-refractivity contribution < 1.29 is 4.79 Å². The monoisotopic (exact) mass is 296 g/mol. The van der Waals surface area contributed by atoms with Crippen LogP contribution in [0.1, 0.15) is 33.1 Å². The molecule has 0 aromatic rings. The number of nitrogens with zero attached hydrogens (tertiary/aromatic N) is 3. The van der Waals surface area contributed by atoms with Crippen LogP contribution in [0.4, 0.5) is 4.79 Å². The van der Waals surface area contributed by atoms with E-state index < -0.39 is 0 Å². The molecule has 2 amide bonds. The third kappa shape index (κ3) is 4.85. The zero-order chi connectivity index (χ0) is 15.5. The molecule has 2 aliphatic heterocycles. The highest BCUT2D eigenvalue weighted by molar-refractivity contribution is 5.74. The summed E-state index contributed by atoms with van der Waals surface area (Å²) in [4.78, 5) is 19.1. The van der Waals surface area contributed by atoms with Crippen LogP contribution in [-0.4, -0.2) is 80.1 Å². The van der Waals surface area contributed by atoms with Crippen LogP contribution < -0.4 is 5.32 Å². The first-order valence-electron chi connectivity index (χ1n) is 8.29. The summed E-state index contributed by atoms with van der Waals surface area (Å²) in [7, 11) is 4.30. The molecule has 0 bridgehead atoms. The highest BCUT2D eigenvalue weighted by atomic mass is 16.2. The Morgan fingerprint density at radius 3 is 2.67 bits per heavy atom. The van der Waals surface area contributed by atoms with E-state index in [1.165, 1.54) is 6.42 Å². The summed E-state index contributed by atoms with van der Waals surface area (Å²) >= 11 is 0. The zero-order valence-electron chi connectivity index (χ0n) is 14.2. The average Bonchev–Trinajstić information content (AvgIpc) is 2.60. The van der Waals surface area contributed by atoms with E-state index in [4.69, 9.17) is 0 Å². The van der Waals surface area contributed by atoms with E-state index in [1.807, 2.05) is 4.90 Å². The Morgan fingerprint density at radius 2 is 1.90 bits per heavy atom. The van der Waals surface area contributed by atoms with Crippen LogP contribution in [0.15, 0.2) is 0 Å². The van der Waals surface area contributed by atoms with Gasteiger partial charge >= 0.3 is 6.03 Å². The summed E-state index contributed by atoms with van der Waals surface area (Å²) in [6, 6.07) is 0.547. The summed E-state index contributed by atoms with van der Waals surface area (Å²) in [5.74, 6) is 0. The van der Waals surface area contributed by atoms with E-state index in [0.717, 1.165) is 52.1 Å². The number of likely N-dealkylation sites (tertiary alicyclic amines) is 1. The molecule has 2 saturated heterocycles. The topological polar surface area (TPSA) is 38.8 Å². The zero-order valence-corrected chi connectivity index (χ0v) is 14.2. The van der Waals surface area contributed by atoms with E-state index in [9.17, 15) is 4.79 Å². The van der Waals surface area contributed by atoms with Crippen molar-refractivity contribution in [3.05, 3.63) is 0 Å². The first kappa shape index (κ1) is 16.6. The van der Waals surface area contributed by atoms with Crippen molar-refractivity contribution in [2.45, 2.75) is 39.2 Å². The van der Waals surface area contributed by atoms with Crippen molar-refractivity contribution in [3.8, 4) is 0 Å². The first-order chi connectivity index (χ1) is 9.87. The molecule has 2 fully saturated rings. The first-order valence-corrected chi connectivity index (χ1v) is 8.29. The third-order valence-electron chi connectivity index (χ3n) is 5.10. The second-order valence-electron chi connectivity index (χ2n) is 7.59. The molecule has 1 unspecified atom stereocenters. The SMILES string of the molecule is CN1CCN(C)C(CNC(=O)N2CCCC(C)(C)CC2)C1. The molecule has 5 nitrogen and oxygen atoms in total. The predicted molar refractivity (Wildman–Crippen MR) is 86.5 cm³/mol. The lowest BCUT2D eigenvalue weighted by Crippen LogP contribution is -2.55. The van der Waals surface area contributed by atoms with Gasteiger partial charge in [-0.25, -0.2) is 4.79 Å². The van der Waals surface area contributed by atoms with Crippen molar-refractivity contribution in [3.63, 3.8) is 0 Å². The smallest absolute Gasteiger partial charge is 0.317 e. The van der Waals surface area contributed by atoms with Gasteiger partial charge in [0.1, 0.15) is 0 Å². The number of amides is 2. The summed E-state index contributed by atoms with van der Waals surface area (Å²) < 4.78 is 0. The molecule has 0 saturated carbocycles. The fraction of sp³-hybridized carbons (Fsp3) is 0.938. The number of piperazine rings is 1. The summed E-state index contributed by atoms with van der Waals surface area (Å²) in [5.41, 5.74) is 0.376. The Bertz CT molecular complexity index is 358. The van der Waals surface area contributed by atoms with Gasteiger partial charge in [-0.1, -0.05) is 13.8 Å². The van der Waals surface area contributed by atoms with Gasteiger partial charge in [-0.2, -0.15) is 0 Å². The second-order valence-corrected chi connectivity index (χ2v) is 7.59. The minimum Gasteiger partial charge on any atom is -0.336 e. The van der Waals surface area contributed by atoms with Crippen molar-refractivity contribution in [1.82, 2.24) is 20.0 Å². The number of nitrogens with one attached hydrogen (secondary N) is 1. The Labute approximate surface area is 129 Å². The lowest BCUT2D eigenvalue weighted by atomic mass is 9.85. The van der Waals surface area contributed by atoms with Gasteiger partial charge in [0.2, 0.25) is 0 Å². The number of likely N-dealkylation sites (N-methyl/N-ethyl adjacent to an activating group) is 2. The van der Waals surface area contributed by atoms with Crippen LogP contribution in [0.25, 0.3) is 0 Å². The maximum Gasteiger partial charge on any atom is 0.317 e. The number of carbonyl (C=O) groups is 1. The highest BCUT2D eigenvalue weighted by Gasteiger charge is 2.27. The van der Waals surface area contributed by atoms with Gasteiger partial charge in [0, 0.05) is 45.3 Å². The van der Waals surface area contributed by atoms with Gasteiger partial charge in [-0.05, 0) is 38.8 Å². The number of carbonyl (C=O) groups excluding carboxylic acids is 1. The number of urea groups is 1. The minimum atomic E-state index is 0.120. The Balaban J connectivity index is 1.78. The third-order valence-corrected chi connectivity index (χ3v) is 5.10. The van der Waals surface area contributed by atoms with Crippen molar-refractivity contribution >= 4 is 6.03 Å². The van der Waals surface area contributed by atoms with E-state index in [-0.39, 0.29) is 6.03 Å². The molecule has 2 heterocycles. The fourth-order valence-corrected chi connectivity index (χ4v) is 3.26. The van der Waals surface area contributed by atoms with Gasteiger partial charge in [0.05, 0.1) is 0 Å². The second kappa shape index (κ2) is 6.97. The van der Waals surface area contributed by atoms with Crippen molar-refractivity contribution in [1.29, 1.82) is 0 Å². The van der Waals surface area contributed by atoms with Crippen LogP contribution in [-0.2, 0) is 0 Å². The molecule has 0 aromatic heterocycles. The molecule has 21 heavy (non-hydrogen) atoms. The summed E-state index contributed by atoms with van der Waals surface area (Å²) in [6.07, 6.45) is 3.44. The Kier molecular flexibility index (Phi) is 5.49. The van der Waals surface area contributed by atoms with Crippen LogP contribution in [0, 0.1) is 5.41 Å². The van der Waals surface area contributed by atoms with Gasteiger partial charge in [0.25, 0.3) is 0 Å². The molecule has 0 aromatic carbocycles. The molecule has 0 spiro atoms. The van der Waals surface area contributed by atoms with E-state index >= 15 is 0 Å². The lowest BCUT2D eigenvalue weighted by Gasteiger charge is -2.38. The molecule has 0 radical (unpaired) electrons. The minimum absolute atomic E-state index is 0.120. The molecular weight excluding hydrogens is 264 g/mol. The number of hydrogen-bond donors (Lipinski definition) is 1. The largest absolute Gasteiger partial charge is 0.336 e. The van der Waals surface area contributed by atoms with Gasteiger partial charge in [-0.15, -0.1) is 0 Å². The fourth-order valence-electron chi connectivity index (χ4n) is 3.26. The van der Waals surface area contributed by atoms with Gasteiger partial charge in [0.15, 0.2) is 0 Å². The lowest BCUT2D eigenvalue weighted by molar-refractivity contribution is 0.112. The standard InChI is InChI=1S/C16H32N4O/c1-16(2)6-5-8-20(9-7-16)15(21)17-12-14-13-18(3)10-11-19(14)4/h14H,5-13H2,1-4H3,(H,17,21). The predicted octanol–water partition coefficient (Wildman–Crippen LogP) is 1.45. The molecule has 0 aliphatic carbocycles. The van der Waals surface area contributed by atoms with Crippen molar-refractivity contribution in [2.24, 2.45) is 5.41 Å². The van der Waals surface area contributed by atoms with Crippen LogP contribution >= 0.6 is 0 Å². The van der Waals surface area contributed by atoms with Crippen LogP contribution in [0.3, 0.4) is 0 Å². The Morgan fingerprint density at radius 1 is 1.14 bits per heavy atom. The molecule has 122 valence electrons. The summed E-state index contributed by atoms with van der Waals surface area (Å²) in [5, 5.41) is 3.15. The highest BCUT2D eigenvalue weighted by Crippen LogP contribution is 2.29. The van der Waals surface area contributed by atoms with E-state index in [1.54, 1.807) is 0 Å². The molecule has 2 rings (SSSR count). The molecule has 2 aliphatic rings. The molecule has 5 heteroatoms. The van der Waals surface area contributed by atoms with Crippen molar-refractivity contribution in [2.75, 3.05) is 53.4 Å². The molecule has 1 atom stereocenters. The normalized spacial score (nSPS) is 28.2. The average molecular weight is 296 g/mol. The molecular formula is C16H32N4O. The maximum absolute atomic E-state index is 12.4. The Hall–Kier alpha value is -0.810. The number of rotatable bonds is 2. The van der Waals surface area contributed by atoms with Gasteiger partial charge < -0.3 is 15.1 Å². The number of hydrogen-bond acceptors (Lipinski definition) is 3. The maximum atomic E-state index is 12.4. The van der Waals surface area contributed by atoms with Crippen LogP contribution in [0.2, 0.25) is 0 Å². The molecule has 1 N–H and O–H groups in total. The summed E-state index contributed by atoms with van der Waals surface area (Å²) in [6.45, 7) is 10.4.